The van der Waals surface area contributed by atoms with E-state index in [0.717, 1.165) is 31.9 Å². The van der Waals surface area contributed by atoms with Crippen LogP contribution in [0.25, 0.3) is 0 Å². The molecule has 2 rings (SSSR count). The van der Waals surface area contributed by atoms with Gasteiger partial charge in [-0.2, -0.15) is 5.26 Å². The molecule has 2 unspecified atom stereocenters. The van der Waals surface area contributed by atoms with Crippen LogP contribution in [0.15, 0.2) is 24.3 Å². The quantitative estimate of drug-likeness (QED) is 0.828. The lowest BCUT2D eigenvalue weighted by Crippen LogP contribution is -2.43. The number of nitrogens with zero attached hydrogens (tertiary/aromatic N) is 1. The molecule has 1 aromatic rings. The third kappa shape index (κ3) is 4.72. The molecule has 5 nitrogen and oxygen atoms in total. The summed E-state index contributed by atoms with van der Waals surface area (Å²) in [5.74, 6) is 0.711. The lowest BCUT2D eigenvalue weighted by molar-refractivity contribution is 0.0731. The van der Waals surface area contributed by atoms with E-state index in [2.05, 4.69) is 17.6 Å². The lowest BCUT2D eigenvalue weighted by Gasteiger charge is -2.27. The van der Waals surface area contributed by atoms with E-state index in [1.807, 2.05) is 30.3 Å². The van der Waals surface area contributed by atoms with E-state index < -0.39 is 0 Å². The molecule has 5 heteroatoms. The maximum absolute atomic E-state index is 8.52. The molecular weight excluding hydrogens is 254 g/mol. The molecule has 108 valence electrons. The largest absolute Gasteiger partial charge is 0.479 e. The van der Waals surface area contributed by atoms with Crippen LogP contribution in [0.3, 0.4) is 0 Å². The second kappa shape index (κ2) is 7.73. The maximum Gasteiger partial charge on any atom is 0.174 e. The Hall–Kier alpha value is -1.77. The summed E-state index contributed by atoms with van der Waals surface area (Å²) in [6, 6.07) is 10.4. The Morgan fingerprint density at radius 2 is 2.50 bits per heavy atom. The molecule has 1 fully saturated rings. The van der Waals surface area contributed by atoms with Gasteiger partial charge in [-0.3, -0.25) is 0 Å². The molecule has 1 heterocycles. The SMILES string of the molecule is CC(CC1COCCN1)Nc1cccc(OCC#N)c1. The molecule has 0 aromatic heterocycles. The Morgan fingerprint density at radius 3 is 3.25 bits per heavy atom. The molecule has 0 aliphatic carbocycles. The van der Waals surface area contributed by atoms with Crippen LogP contribution in [-0.2, 0) is 4.74 Å². The molecule has 0 bridgehead atoms. The number of morpholine rings is 1. The summed E-state index contributed by atoms with van der Waals surface area (Å²) in [5, 5.41) is 15.4. The molecular formula is C15H21N3O2. The third-order valence-corrected chi connectivity index (χ3v) is 3.19. The van der Waals surface area contributed by atoms with Crippen LogP contribution in [0.2, 0.25) is 0 Å². The van der Waals surface area contributed by atoms with Crippen LogP contribution < -0.4 is 15.4 Å². The van der Waals surface area contributed by atoms with E-state index in [0.29, 0.717) is 17.8 Å². The van der Waals surface area contributed by atoms with Crippen molar-refractivity contribution < 1.29 is 9.47 Å². The maximum atomic E-state index is 8.52. The average Bonchev–Trinajstić information content (AvgIpc) is 2.46. The second-order valence-electron chi connectivity index (χ2n) is 4.98. The minimum atomic E-state index is 0.0718. The van der Waals surface area contributed by atoms with Gasteiger partial charge in [0.05, 0.1) is 13.2 Å². The van der Waals surface area contributed by atoms with Crippen molar-refractivity contribution in [3.8, 4) is 11.8 Å². The highest BCUT2D eigenvalue weighted by Crippen LogP contribution is 2.19. The van der Waals surface area contributed by atoms with Gasteiger partial charge in [-0.1, -0.05) is 6.07 Å². The van der Waals surface area contributed by atoms with Gasteiger partial charge in [0.15, 0.2) is 6.61 Å². The minimum Gasteiger partial charge on any atom is -0.479 e. The molecule has 1 aromatic carbocycles. The number of benzene rings is 1. The average molecular weight is 275 g/mol. The fraction of sp³-hybridized carbons (Fsp3) is 0.533. The van der Waals surface area contributed by atoms with Crippen molar-refractivity contribution in [3.05, 3.63) is 24.3 Å². The van der Waals surface area contributed by atoms with Crippen LogP contribution in [0, 0.1) is 11.3 Å². The molecule has 0 saturated carbocycles. The van der Waals surface area contributed by atoms with Crippen molar-refractivity contribution in [2.45, 2.75) is 25.4 Å². The third-order valence-electron chi connectivity index (χ3n) is 3.19. The van der Waals surface area contributed by atoms with E-state index >= 15 is 0 Å². The first kappa shape index (κ1) is 14.6. The van der Waals surface area contributed by atoms with E-state index in [-0.39, 0.29) is 6.61 Å². The minimum absolute atomic E-state index is 0.0718. The van der Waals surface area contributed by atoms with Crippen LogP contribution in [0.1, 0.15) is 13.3 Å². The van der Waals surface area contributed by atoms with Crippen molar-refractivity contribution in [3.63, 3.8) is 0 Å². The fourth-order valence-electron chi connectivity index (χ4n) is 2.33. The highest BCUT2D eigenvalue weighted by molar-refractivity contribution is 5.48. The number of hydrogen-bond acceptors (Lipinski definition) is 5. The second-order valence-corrected chi connectivity index (χ2v) is 4.98. The lowest BCUT2D eigenvalue weighted by atomic mass is 10.1. The standard InChI is InChI=1S/C15H21N3O2/c1-12(9-14-11-19-8-6-17-14)18-13-3-2-4-15(10-13)20-7-5-16/h2-4,10,12,14,17-18H,6-9,11H2,1H3. The summed E-state index contributed by atoms with van der Waals surface area (Å²) in [6.07, 6.45) is 1.00. The Morgan fingerprint density at radius 1 is 1.60 bits per heavy atom. The van der Waals surface area contributed by atoms with Gasteiger partial charge in [0.1, 0.15) is 11.8 Å². The number of ether oxygens (including phenoxy) is 2. The van der Waals surface area contributed by atoms with Gasteiger partial charge in [0.2, 0.25) is 0 Å². The van der Waals surface area contributed by atoms with Crippen molar-refractivity contribution >= 4 is 5.69 Å². The zero-order chi connectivity index (χ0) is 14.2. The number of anilines is 1. The Kier molecular flexibility index (Phi) is 5.66. The molecule has 0 spiro atoms. The van der Waals surface area contributed by atoms with Gasteiger partial charge in [0.25, 0.3) is 0 Å². The van der Waals surface area contributed by atoms with Crippen molar-refractivity contribution in [2.75, 3.05) is 31.7 Å². The number of rotatable bonds is 6. The zero-order valence-electron chi connectivity index (χ0n) is 11.8. The molecule has 1 aliphatic rings. The highest BCUT2D eigenvalue weighted by atomic mass is 16.5. The Balaban J connectivity index is 1.83. The van der Waals surface area contributed by atoms with Gasteiger partial charge in [-0.15, -0.1) is 0 Å². The Labute approximate surface area is 119 Å². The summed E-state index contributed by atoms with van der Waals surface area (Å²) in [4.78, 5) is 0. The molecule has 1 aliphatic heterocycles. The fourth-order valence-corrected chi connectivity index (χ4v) is 2.33. The van der Waals surface area contributed by atoms with Gasteiger partial charge in [0, 0.05) is 30.4 Å². The summed E-state index contributed by atoms with van der Waals surface area (Å²) < 4.78 is 10.7. The normalized spacial score (nSPS) is 19.9. The molecule has 20 heavy (non-hydrogen) atoms. The monoisotopic (exact) mass is 275 g/mol. The van der Waals surface area contributed by atoms with Crippen molar-refractivity contribution in [1.82, 2.24) is 5.32 Å². The number of nitriles is 1. The first-order chi connectivity index (χ1) is 9.78. The molecule has 2 atom stereocenters. The van der Waals surface area contributed by atoms with E-state index in [1.54, 1.807) is 0 Å². The van der Waals surface area contributed by atoms with Gasteiger partial charge < -0.3 is 20.1 Å². The van der Waals surface area contributed by atoms with Crippen LogP contribution in [0.5, 0.6) is 5.75 Å². The first-order valence-electron chi connectivity index (χ1n) is 6.95. The van der Waals surface area contributed by atoms with Crippen LogP contribution in [-0.4, -0.2) is 38.4 Å². The predicted octanol–water partition coefficient (Wildman–Crippen LogP) is 1.77. The smallest absolute Gasteiger partial charge is 0.174 e. The van der Waals surface area contributed by atoms with Crippen LogP contribution >= 0.6 is 0 Å². The summed E-state index contributed by atoms with van der Waals surface area (Å²) >= 11 is 0. The molecule has 1 saturated heterocycles. The topological polar surface area (TPSA) is 66.3 Å². The van der Waals surface area contributed by atoms with Crippen molar-refractivity contribution in [2.24, 2.45) is 0 Å². The summed E-state index contributed by atoms with van der Waals surface area (Å²) in [6.45, 7) is 4.73. The molecule has 0 radical (unpaired) electrons. The number of nitrogens with one attached hydrogen (secondary N) is 2. The predicted molar refractivity (Wildman–Crippen MR) is 77.9 cm³/mol. The molecule has 0 amide bonds. The van der Waals surface area contributed by atoms with Crippen LogP contribution in [0.4, 0.5) is 5.69 Å². The van der Waals surface area contributed by atoms with E-state index in [1.165, 1.54) is 0 Å². The first-order valence-corrected chi connectivity index (χ1v) is 6.95. The summed E-state index contributed by atoms with van der Waals surface area (Å²) in [7, 11) is 0. The van der Waals surface area contributed by atoms with Gasteiger partial charge >= 0.3 is 0 Å². The number of hydrogen-bond donors (Lipinski definition) is 2. The van der Waals surface area contributed by atoms with Gasteiger partial charge in [-0.25, -0.2) is 0 Å². The Bertz CT molecular complexity index is 453. The zero-order valence-corrected chi connectivity index (χ0v) is 11.8. The van der Waals surface area contributed by atoms with Gasteiger partial charge in [-0.05, 0) is 25.5 Å². The van der Waals surface area contributed by atoms with Crippen molar-refractivity contribution in [1.29, 1.82) is 5.26 Å². The molecule has 2 N–H and O–H groups in total. The van der Waals surface area contributed by atoms with E-state index in [4.69, 9.17) is 14.7 Å². The highest BCUT2D eigenvalue weighted by Gasteiger charge is 2.16. The van der Waals surface area contributed by atoms with E-state index in [9.17, 15) is 0 Å². The summed E-state index contributed by atoms with van der Waals surface area (Å²) in [5.41, 5.74) is 1.00.